The van der Waals surface area contributed by atoms with E-state index in [1.165, 1.54) is 16.7 Å². The number of carbonyl (C=O) groups excluding carboxylic acids is 1. The SMILES string of the molecule is CSc1nc2c(c(N3CCN(C(=O)O)[C@@H](CC#N)C3)n1)CCC(=O)N(c1cccc3cccc(Cl)c13)C2. The highest BCUT2D eigenvalue weighted by Crippen LogP contribution is 2.37. The van der Waals surface area contributed by atoms with E-state index >= 15 is 0 Å². The summed E-state index contributed by atoms with van der Waals surface area (Å²) < 4.78 is 0. The van der Waals surface area contributed by atoms with Crippen molar-refractivity contribution in [2.75, 3.05) is 35.7 Å². The Kier molecular flexibility index (Phi) is 7.09. The number of carboxylic acid groups (broad SMARTS) is 1. The molecule has 1 atom stereocenters. The van der Waals surface area contributed by atoms with E-state index in [-0.39, 0.29) is 31.8 Å². The lowest BCUT2D eigenvalue weighted by atomic mass is 10.1. The van der Waals surface area contributed by atoms with E-state index < -0.39 is 12.1 Å². The van der Waals surface area contributed by atoms with Crippen LogP contribution in [0.15, 0.2) is 41.6 Å². The maximum absolute atomic E-state index is 13.4. The van der Waals surface area contributed by atoms with Crippen LogP contribution < -0.4 is 9.80 Å². The number of rotatable bonds is 4. The fourth-order valence-corrected chi connectivity index (χ4v) is 5.80. The first-order valence-corrected chi connectivity index (χ1v) is 13.5. The van der Waals surface area contributed by atoms with Crippen molar-refractivity contribution in [3.8, 4) is 6.07 Å². The second-order valence-electron chi connectivity index (χ2n) is 8.99. The number of anilines is 2. The molecule has 0 radical (unpaired) electrons. The average molecular weight is 537 g/mol. The van der Waals surface area contributed by atoms with Crippen LogP contribution in [0.1, 0.15) is 24.1 Å². The third kappa shape index (κ3) is 4.77. The van der Waals surface area contributed by atoms with Crippen LogP contribution >= 0.6 is 23.4 Å². The number of thioether (sulfide) groups is 1. The van der Waals surface area contributed by atoms with Gasteiger partial charge in [0, 0.05) is 37.0 Å². The summed E-state index contributed by atoms with van der Waals surface area (Å²) in [6.07, 6.45) is 1.71. The standard InChI is InChI=1S/C26H25ClN6O3S/c1-37-25-29-20-15-33(21-7-3-5-16-4-2-6-19(27)23(16)21)22(34)9-8-18(20)24(30-25)31-12-13-32(26(35)36)17(14-31)10-11-28/h2-7,17H,8-10,12-15H2,1H3,(H,35,36)/t17-/m0/s1. The number of hydrogen-bond acceptors (Lipinski definition) is 7. The molecule has 1 saturated heterocycles. The van der Waals surface area contributed by atoms with Gasteiger partial charge in [-0.15, -0.1) is 0 Å². The van der Waals surface area contributed by atoms with E-state index in [1.54, 1.807) is 4.90 Å². The largest absolute Gasteiger partial charge is 0.465 e. The van der Waals surface area contributed by atoms with Gasteiger partial charge in [0.1, 0.15) is 5.82 Å². The first-order chi connectivity index (χ1) is 17.9. The van der Waals surface area contributed by atoms with Gasteiger partial charge in [-0.2, -0.15) is 5.26 Å². The number of hydrogen-bond donors (Lipinski definition) is 1. The third-order valence-electron chi connectivity index (χ3n) is 6.91. The first-order valence-electron chi connectivity index (χ1n) is 11.9. The molecule has 5 rings (SSSR count). The summed E-state index contributed by atoms with van der Waals surface area (Å²) >= 11 is 7.99. The molecule has 2 amide bonds. The highest BCUT2D eigenvalue weighted by Gasteiger charge is 2.34. The minimum Gasteiger partial charge on any atom is -0.465 e. The van der Waals surface area contributed by atoms with Gasteiger partial charge < -0.3 is 19.8 Å². The van der Waals surface area contributed by atoms with Crippen LogP contribution in [0.3, 0.4) is 0 Å². The van der Waals surface area contributed by atoms with Gasteiger partial charge in [0.15, 0.2) is 5.16 Å². The molecule has 0 bridgehead atoms. The molecular weight excluding hydrogens is 512 g/mol. The summed E-state index contributed by atoms with van der Waals surface area (Å²) in [6, 6.07) is 13.1. The summed E-state index contributed by atoms with van der Waals surface area (Å²) in [5, 5.41) is 21.8. The molecular formula is C26H25ClN6O3S. The van der Waals surface area contributed by atoms with Crippen molar-refractivity contribution >= 4 is 57.6 Å². The lowest BCUT2D eigenvalue weighted by Crippen LogP contribution is -2.55. The Morgan fingerprint density at radius 3 is 2.73 bits per heavy atom. The van der Waals surface area contributed by atoms with E-state index in [1.807, 2.05) is 47.6 Å². The van der Waals surface area contributed by atoms with Gasteiger partial charge in [0.25, 0.3) is 0 Å². The van der Waals surface area contributed by atoms with Crippen LogP contribution in [0.2, 0.25) is 5.02 Å². The van der Waals surface area contributed by atoms with Gasteiger partial charge in [-0.05, 0) is 30.2 Å². The van der Waals surface area contributed by atoms with Crippen molar-refractivity contribution < 1.29 is 14.7 Å². The predicted octanol–water partition coefficient (Wildman–Crippen LogP) is 4.57. The summed E-state index contributed by atoms with van der Waals surface area (Å²) in [5.74, 6) is 0.688. The first kappa shape index (κ1) is 25.1. The molecule has 3 aromatic rings. The second-order valence-corrected chi connectivity index (χ2v) is 10.2. The van der Waals surface area contributed by atoms with Gasteiger partial charge in [-0.1, -0.05) is 47.6 Å². The Hall–Kier alpha value is -3.55. The Bertz CT molecular complexity index is 1420. The van der Waals surface area contributed by atoms with Crippen LogP contribution in [0.5, 0.6) is 0 Å². The summed E-state index contributed by atoms with van der Waals surface area (Å²) in [7, 11) is 0. The number of halogens is 1. The summed E-state index contributed by atoms with van der Waals surface area (Å²) in [4.78, 5) is 39.9. The fraction of sp³-hybridized carbons (Fsp3) is 0.346. The third-order valence-corrected chi connectivity index (χ3v) is 7.77. The number of nitrogens with zero attached hydrogens (tertiary/aromatic N) is 6. The molecule has 0 aliphatic carbocycles. The molecule has 2 aliphatic heterocycles. The Morgan fingerprint density at radius 2 is 2.00 bits per heavy atom. The maximum Gasteiger partial charge on any atom is 0.407 e. The smallest absolute Gasteiger partial charge is 0.407 e. The van der Waals surface area contributed by atoms with Gasteiger partial charge in [0.05, 0.1) is 41.5 Å². The summed E-state index contributed by atoms with van der Waals surface area (Å²) in [6.45, 7) is 1.35. The molecule has 1 aromatic heterocycles. The van der Waals surface area contributed by atoms with E-state index in [2.05, 4.69) is 6.07 Å². The molecule has 2 aliphatic rings. The van der Waals surface area contributed by atoms with E-state index in [9.17, 15) is 20.0 Å². The molecule has 37 heavy (non-hydrogen) atoms. The molecule has 9 nitrogen and oxygen atoms in total. The monoisotopic (exact) mass is 536 g/mol. The molecule has 0 unspecified atom stereocenters. The van der Waals surface area contributed by atoms with Crippen molar-refractivity contribution in [3.05, 3.63) is 52.7 Å². The van der Waals surface area contributed by atoms with Gasteiger partial charge in [-0.3, -0.25) is 4.79 Å². The van der Waals surface area contributed by atoms with Gasteiger partial charge in [-0.25, -0.2) is 14.8 Å². The number of aromatic nitrogens is 2. The second kappa shape index (κ2) is 10.4. The Morgan fingerprint density at radius 1 is 1.22 bits per heavy atom. The Balaban J connectivity index is 1.56. The van der Waals surface area contributed by atoms with E-state index in [0.717, 1.165) is 27.7 Å². The number of fused-ring (bicyclic) bond motifs is 2. The van der Waals surface area contributed by atoms with E-state index in [0.29, 0.717) is 35.5 Å². The van der Waals surface area contributed by atoms with Crippen LogP contribution in [0.4, 0.5) is 16.3 Å². The van der Waals surface area contributed by atoms with Crippen molar-refractivity contribution in [3.63, 3.8) is 0 Å². The zero-order chi connectivity index (χ0) is 26.1. The number of piperazine rings is 1. The minimum atomic E-state index is -1.03. The van der Waals surface area contributed by atoms with Crippen molar-refractivity contribution in [2.45, 2.75) is 37.0 Å². The number of nitriles is 1. The lowest BCUT2D eigenvalue weighted by Gasteiger charge is -2.40. The minimum absolute atomic E-state index is 0.0277. The molecule has 11 heteroatoms. The van der Waals surface area contributed by atoms with Crippen LogP contribution in [0, 0.1) is 11.3 Å². The number of carbonyl (C=O) groups is 2. The molecule has 0 spiro atoms. The molecule has 0 saturated carbocycles. The summed E-state index contributed by atoms with van der Waals surface area (Å²) in [5.41, 5.74) is 2.40. The van der Waals surface area contributed by atoms with Crippen molar-refractivity contribution in [1.29, 1.82) is 5.26 Å². The van der Waals surface area contributed by atoms with Crippen molar-refractivity contribution in [1.82, 2.24) is 14.9 Å². The highest BCUT2D eigenvalue weighted by molar-refractivity contribution is 7.98. The molecule has 1 N–H and O–H groups in total. The molecule has 3 heterocycles. The zero-order valence-corrected chi connectivity index (χ0v) is 21.8. The highest BCUT2D eigenvalue weighted by atomic mass is 35.5. The zero-order valence-electron chi connectivity index (χ0n) is 20.2. The molecule has 2 aromatic carbocycles. The average Bonchev–Trinajstić information content (AvgIpc) is 3.06. The normalized spacial score (nSPS) is 17.9. The van der Waals surface area contributed by atoms with Gasteiger partial charge >= 0.3 is 6.09 Å². The predicted molar refractivity (Wildman–Crippen MR) is 143 cm³/mol. The van der Waals surface area contributed by atoms with E-state index in [4.69, 9.17) is 21.6 Å². The van der Waals surface area contributed by atoms with Crippen LogP contribution in [0.25, 0.3) is 10.8 Å². The van der Waals surface area contributed by atoms with Crippen LogP contribution in [-0.4, -0.2) is 63.9 Å². The Labute approximate surface area is 223 Å². The van der Waals surface area contributed by atoms with Crippen LogP contribution in [-0.2, 0) is 17.8 Å². The topological polar surface area (TPSA) is 114 Å². The van der Waals surface area contributed by atoms with Gasteiger partial charge in [0.2, 0.25) is 5.91 Å². The lowest BCUT2D eigenvalue weighted by molar-refractivity contribution is -0.118. The molecule has 1 fully saturated rings. The number of benzene rings is 2. The number of amides is 2. The van der Waals surface area contributed by atoms with Crippen molar-refractivity contribution in [2.24, 2.45) is 0 Å². The maximum atomic E-state index is 13.4. The molecule has 190 valence electrons. The quantitative estimate of drug-likeness (QED) is 0.381. The fourth-order valence-electron chi connectivity index (χ4n) is 5.14.